The molecular formula is C51H86O18. The van der Waals surface area contributed by atoms with Crippen LogP contribution in [0.15, 0.2) is 0 Å². The normalized spacial score (nSPS) is 54.5. The van der Waals surface area contributed by atoms with E-state index >= 15 is 0 Å². The molecule has 0 radical (unpaired) electrons. The first kappa shape index (κ1) is 54.1. The van der Waals surface area contributed by atoms with Crippen molar-refractivity contribution in [2.24, 2.45) is 29.6 Å². The van der Waals surface area contributed by atoms with Crippen LogP contribution in [0.2, 0.25) is 0 Å². The number of carboxylic acids is 1. The molecule has 8 aliphatic rings. The average Bonchev–Trinajstić information content (AvgIpc) is 3.99. The molecule has 0 aliphatic carbocycles. The molecule has 69 heavy (non-hydrogen) atoms. The van der Waals surface area contributed by atoms with Crippen LogP contribution in [0.4, 0.5) is 0 Å². The lowest BCUT2D eigenvalue weighted by molar-refractivity contribution is -0.377. The summed E-state index contributed by atoms with van der Waals surface area (Å²) in [6.45, 7) is 19.3. The maximum atomic E-state index is 12.2. The second kappa shape index (κ2) is 20.5. The lowest BCUT2D eigenvalue weighted by Crippen LogP contribution is -2.66. The first-order chi connectivity index (χ1) is 32.3. The number of aliphatic hydroxyl groups excluding tert-OH is 2. The molecule has 18 heteroatoms. The van der Waals surface area contributed by atoms with Crippen molar-refractivity contribution in [1.29, 1.82) is 0 Å². The standard InChI is InChI=1S/C51H86O18/c1-25-21-26(2)49(10,56)66-41(25)35-22-36(62-39-16-14-34(58-11)31(7)61-39)46(63-35)48(9)18-17-37(65-48)47(8)19-20-50(69-47)23-33(53)27(3)42(67-50)28(4)43-45(59-12)44(29(5)51(57,68-43)24-38(54)55)64-40-15-13-32(52)30(6)60-40/h25-37,39-46,52-53,56-57H,13-24H2,1-12H3,(H,54,55)/t25-,26+,27+,28-,29-,30?,31+,32?,33-,34-,35+,36-,37+,39-,40?,41-,42-,43-,44-,45-,46+,47-,48-,49-,50+,51+/m0/s1. The Morgan fingerprint density at radius 1 is 0.710 bits per heavy atom. The van der Waals surface area contributed by atoms with Gasteiger partial charge in [-0.2, -0.15) is 0 Å². The fourth-order valence-electron chi connectivity index (χ4n) is 13.4. The third-order valence-corrected chi connectivity index (χ3v) is 18.1. The summed E-state index contributed by atoms with van der Waals surface area (Å²) >= 11 is 0. The first-order valence-electron chi connectivity index (χ1n) is 26.1. The van der Waals surface area contributed by atoms with Crippen molar-refractivity contribution in [3.05, 3.63) is 0 Å². The maximum Gasteiger partial charge on any atom is 0.308 e. The van der Waals surface area contributed by atoms with Crippen LogP contribution in [0, 0.1) is 29.6 Å². The minimum absolute atomic E-state index is 0.0120. The molecule has 26 atom stereocenters. The van der Waals surface area contributed by atoms with Crippen molar-refractivity contribution in [2.45, 2.75) is 273 Å². The Bertz CT molecular complexity index is 1760. The van der Waals surface area contributed by atoms with Crippen LogP contribution in [0.5, 0.6) is 0 Å². The maximum absolute atomic E-state index is 12.2. The monoisotopic (exact) mass is 987 g/mol. The van der Waals surface area contributed by atoms with Crippen LogP contribution in [-0.2, 0) is 61.6 Å². The van der Waals surface area contributed by atoms with E-state index in [1.54, 1.807) is 27.9 Å². The summed E-state index contributed by atoms with van der Waals surface area (Å²) in [6.07, 6.45) is -2.96. The lowest BCUT2D eigenvalue weighted by atomic mass is 9.75. The van der Waals surface area contributed by atoms with E-state index in [2.05, 4.69) is 20.8 Å². The van der Waals surface area contributed by atoms with Crippen molar-refractivity contribution >= 4 is 5.97 Å². The molecule has 0 aromatic carbocycles. The fraction of sp³-hybridized carbons (Fsp3) is 0.980. The molecule has 8 aliphatic heterocycles. The summed E-state index contributed by atoms with van der Waals surface area (Å²) in [4.78, 5) is 12.2. The lowest BCUT2D eigenvalue weighted by Gasteiger charge is -2.54. The first-order valence-corrected chi connectivity index (χ1v) is 26.1. The van der Waals surface area contributed by atoms with Crippen molar-refractivity contribution < 1.29 is 87.2 Å². The third-order valence-electron chi connectivity index (χ3n) is 18.1. The summed E-state index contributed by atoms with van der Waals surface area (Å²) in [5.74, 6) is -7.61. The van der Waals surface area contributed by atoms with Gasteiger partial charge in [0.1, 0.15) is 12.2 Å². The molecule has 8 rings (SSSR count). The second-order valence-electron chi connectivity index (χ2n) is 23.2. The average molecular weight is 987 g/mol. The quantitative estimate of drug-likeness (QED) is 0.164. The van der Waals surface area contributed by atoms with E-state index in [9.17, 15) is 30.3 Å². The van der Waals surface area contributed by atoms with Crippen molar-refractivity contribution in [1.82, 2.24) is 0 Å². The molecule has 3 unspecified atom stereocenters. The Kier molecular flexibility index (Phi) is 16.1. The molecule has 18 nitrogen and oxygen atoms in total. The summed E-state index contributed by atoms with van der Waals surface area (Å²) in [6, 6.07) is 0. The zero-order chi connectivity index (χ0) is 50.2. The highest BCUT2D eigenvalue weighted by atomic mass is 16.7. The smallest absolute Gasteiger partial charge is 0.308 e. The van der Waals surface area contributed by atoms with Crippen molar-refractivity contribution in [3.63, 3.8) is 0 Å². The van der Waals surface area contributed by atoms with Crippen LogP contribution < -0.4 is 0 Å². The highest BCUT2D eigenvalue weighted by Crippen LogP contribution is 2.55. The van der Waals surface area contributed by atoms with E-state index in [1.165, 1.54) is 7.11 Å². The summed E-state index contributed by atoms with van der Waals surface area (Å²) in [5, 5.41) is 55.5. The van der Waals surface area contributed by atoms with Gasteiger partial charge in [0.2, 0.25) is 0 Å². The number of aliphatic carboxylic acids is 1. The van der Waals surface area contributed by atoms with Gasteiger partial charge in [-0.1, -0.05) is 34.6 Å². The summed E-state index contributed by atoms with van der Waals surface area (Å²) < 4.78 is 78.9. The van der Waals surface area contributed by atoms with Gasteiger partial charge in [0, 0.05) is 70.0 Å². The largest absolute Gasteiger partial charge is 0.481 e. The van der Waals surface area contributed by atoms with Crippen LogP contribution >= 0.6 is 0 Å². The molecule has 8 saturated heterocycles. The van der Waals surface area contributed by atoms with E-state index in [-0.39, 0.29) is 54.9 Å². The predicted octanol–water partition coefficient (Wildman–Crippen LogP) is 4.95. The highest BCUT2D eigenvalue weighted by Gasteiger charge is 2.64. The van der Waals surface area contributed by atoms with Gasteiger partial charge in [-0.3, -0.25) is 4.79 Å². The van der Waals surface area contributed by atoms with Gasteiger partial charge in [-0.15, -0.1) is 0 Å². The second-order valence-corrected chi connectivity index (χ2v) is 23.2. The number of carbonyl (C=O) groups is 1. The topological polar surface area (TPSA) is 229 Å². The minimum atomic E-state index is -2.14. The SMILES string of the molecule is CO[C@@H]1[C@@H](OC2CCC(O)C(C)O2)[C@H](C)[C@@](O)(CC(=O)O)O[C@H]1[C@@H](C)[C@H]1O[C@@]2(CC[C@@](C)([C@H]3CC[C@@](C)([C@@H]4O[C@@H]([C@H]5O[C@](C)(O)[C@H](C)C[C@@H]5C)C[C@@H]4O[C@H]4CC[C@H](OC)[C@@H](C)O4)O3)O2)C[C@H](O)[C@H]1C. The molecule has 8 heterocycles. The van der Waals surface area contributed by atoms with E-state index < -0.39 is 120 Å². The van der Waals surface area contributed by atoms with E-state index in [1.807, 2.05) is 27.7 Å². The van der Waals surface area contributed by atoms with Gasteiger partial charge in [0.05, 0.1) is 90.9 Å². The number of rotatable bonds is 13. The minimum Gasteiger partial charge on any atom is -0.481 e. The van der Waals surface area contributed by atoms with Gasteiger partial charge in [0.25, 0.3) is 0 Å². The summed E-state index contributed by atoms with van der Waals surface area (Å²) in [7, 11) is 3.23. The van der Waals surface area contributed by atoms with E-state index in [0.717, 1.165) is 12.8 Å². The van der Waals surface area contributed by atoms with Gasteiger partial charge in [0.15, 0.2) is 29.9 Å². The number of aliphatic hydroxyl groups is 4. The number of methoxy groups -OCH3 is 2. The van der Waals surface area contributed by atoms with Crippen LogP contribution in [-0.4, -0.2) is 172 Å². The Hall–Kier alpha value is -1.17. The highest BCUT2D eigenvalue weighted by molar-refractivity contribution is 5.68. The molecule has 0 amide bonds. The van der Waals surface area contributed by atoms with Gasteiger partial charge >= 0.3 is 5.97 Å². The Morgan fingerprint density at radius 2 is 1.41 bits per heavy atom. The van der Waals surface area contributed by atoms with Gasteiger partial charge in [-0.25, -0.2) is 0 Å². The molecule has 1 spiro atoms. The predicted molar refractivity (Wildman–Crippen MR) is 245 cm³/mol. The number of hydrogen-bond donors (Lipinski definition) is 5. The molecule has 0 aromatic rings. The summed E-state index contributed by atoms with van der Waals surface area (Å²) in [5.41, 5.74) is -1.60. The van der Waals surface area contributed by atoms with Crippen molar-refractivity contribution in [3.8, 4) is 0 Å². The molecular weight excluding hydrogens is 901 g/mol. The van der Waals surface area contributed by atoms with Gasteiger partial charge < -0.3 is 82.4 Å². The Labute approximate surface area is 408 Å². The number of carboxylic acid groups (broad SMARTS) is 1. The molecule has 5 N–H and O–H groups in total. The van der Waals surface area contributed by atoms with Crippen LogP contribution in [0.1, 0.15) is 146 Å². The third kappa shape index (κ3) is 10.7. The molecule has 0 saturated carbocycles. The van der Waals surface area contributed by atoms with E-state index in [4.69, 9.17) is 56.8 Å². The zero-order valence-electron chi connectivity index (χ0n) is 43.2. The van der Waals surface area contributed by atoms with Crippen LogP contribution in [0.3, 0.4) is 0 Å². The number of hydrogen-bond acceptors (Lipinski definition) is 17. The Balaban J connectivity index is 0.992. The van der Waals surface area contributed by atoms with Crippen molar-refractivity contribution in [2.75, 3.05) is 14.2 Å². The Morgan fingerprint density at radius 3 is 2.07 bits per heavy atom. The molecule has 8 fully saturated rings. The van der Waals surface area contributed by atoms with E-state index in [0.29, 0.717) is 51.4 Å². The zero-order valence-corrected chi connectivity index (χ0v) is 43.2. The fourth-order valence-corrected chi connectivity index (χ4v) is 13.4. The molecule has 0 aromatic heterocycles. The van der Waals surface area contributed by atoms with Crippen LogP contribution in [0.25, 0.3) is 0 Å². The van der Waals surface area contributed by atoms with Gasteiger partial charge in [-0.05, 0) is 79.1 Å². The number of ether oxygens (including phenoxy) is 12. The molecule has 398 valence electrons. The molecule has 0 bridgehead atoms.